The maximum Gasteiger partial charge on any atom is 0.234 e. The van der Waals surface area contributed by atoms with Crippen LogP contribution in [0.2, 0.25) is 0 Å². The molecule has 0 aliphatic carbocycles. The van der Waals surface area contributed by atoms with E-state index < -0.39 is 0 Å². The maximum absolute atomic E-state index is 12.6. The molecule has 3 aromatic rings. The summed E-state index contributed by atoms with van der Waals surface area (Å²) in [5, 5.41) is 11.4. The number of ether oxygens (including phenoxy) is 2. The van der Waals surface area contributed by atoms with E-state index in [-0.39, 0.29) is 12.0 Å². The number of carbonyl (C=O) groups is 1. The van der Waals surface area contributed by atoms with Gasteiger partial charge in [-0.05, 0) is 43.2 Å². The summed E-state index contributed by atoms with van der Waals surface area (Å²) in [5.41, 5.74) is 2.94. The second-order valence-corrected chi connectivity index (χ2v) is 7.80. The summed E-state index contributed by atoms with van der Waals surface area (Å²) >= 11 is 0. The van der Waals surface area contributed by atoms with Gasteiger partial charge in [-0.15, -0.1) is 5.10 Å². The fourth-order valence-corrected chi connectivity index (χ4v) is 3.86. The normalized spacial score (nSPS) is 16.4. The Balaban J connectivity index is 1.29. The topological polar surface area (TPSA) is 81.5 Å². The number of hydrogen-bond donors (Lipinski definition) is 1. The van der Waals surface area contributed by atoms with E-state index in [0.29, 0.717) is 32.7 Å². The van der Waals surface area contributed by atoms with E-state index in [1.807, 2.05) is 47.1 Å². The Morgan fingerprint density at radius 3 is 3.00 bits per heavy atom. The first-order valence-electron chi connectivity index (χ1n) is 10.8. The number of carbonyl (C=O) groups excluding carboxylic acids is 1. The molecule has 0 radical (unpaired) electrons. The fourth-order valence-electron chi connectivity index (χ4n) is 3.86. The smallest absolute Gasteiger partial charge is 0.234 e. The van der Waals surface area contributed by atoms with E-state index in [2.05, 4.69) is 27.5 Å². The molecule has 0 spiro atoms. The van der Waals surface area contributed by atoms with Crippen LogP contribution in [0.15, 0.2) is 42.5 Å². The van der Waals surface area contributed by atoms with Crippen LogP contribution in [0.3, 0.4) is 0 Å². The highest BCUT2D eigenvalue weighted by Gasteiger charge is 2.23. The number of para-hydroxylation sites is 1. The highest BCUT2D eigenvalue weighted by atomic mass is 16.5. The Morgan fingerprint density at radius 1 is 1.29 bits per heavy atom. The molecule has 1 amide bonds. The van der Waals surface area contributed by atoms with Crippen molar-refractivity contribution in [2.75, 3.05) is 26.7 Å². The van der Waals surface area contributed by atoms with Crippen molar-refractivity contribution in [1.29, 1.82) is 0 Å². The van der Waals surface area contributed by atoms with Crippen LogP contribution in [0.1, 0.15) is 25.3 Å². The first-order valence-corrected chi connectivity index (χ1v) is 10.8. The third kappa shape index (κ3) is 5.14. The van der Waals surface area contributed by atoms with Gasteiger partial charge < -0.3 is 14.8 Å². The third-order valence-electron chi connectivity index (χ3n) is 5.53. The zero-order valence-corrected chi connectivity index (χ0v) is 18.1. The van der Waals surface area contributed by atoms with Crippen LogP contribution in [0, 0.1) is 0 Å². The Bertz CT molecular complexity index is 1030. The molecule has 1 atom stereocenters. The van der Waals surface area contributed by atoms with E-state index >= 15 is 0 Å². The third-order valence-corrected chi connectivity index (χ3v) is 5.53. The number of aryl methyl sites for hydroxylation is 1. The molecule has 1 N–H and O–H groups in total. The van der Waals surface area contributed by atoms with E-state index in [1.165, 1.54) is 0 Å². The molecule has 0 saturated carbocycles. The molecule has 2 heterocycles. The van der Waals surface area contributed by atoms with E-state index in [9.17, 15) is 4.79 Å². The number of fused-ring (bicyclic) bond motifs is 2. The number of nitrogens with zero attached hydrogens (tertiary/aromatic N) is 4. The average molecular weight is 424 g/mol. The zero-order chi connectivity index (χ0) is 21.6. The molecule has 0 bridgehead atoms. The number of methoxy groups -OCH3 is 1. The standard InChI is InChI=1S/C23H29N5O3/c1-3-18-15-27(14-17-13-19(30-2)9-10-22(17)31-18)16-23(29)24-11-6-12-28-21-8-5-4-7-20(21)25-26-28/h4-5,7-10,13,18H,3,6,11-12,14-16H2,1-2H3,(H,24,29)/t18-/m0/s1. The lowest BCUT2D eigenvalue weighted by Gasteiger charge is -2.22. The molecule has 1 aliphatic heterocycles. The molecule has 8 nitrogen and oxygen atoms in total. The van der Waals surface area contributed by atoms with E-state index in [4.69, 9.17) is 9.47 Å². The molecule has 31 heavy (non-hydrogen) atoms. The van der Waals surface area contributed by atoms with Crippen molar-refractivity contribution in [2.24, 2.45) is 0 Å². The van der Waals surface area contributed by atoms with Crippen LogP contribution < -0.4 is 14.8 Å². The fraction of sp³-hybridized carbons (Fsp3) is 0.435. The van der Waals surface area contributed by atoms with Crippen molar-refractivity contribution in [2.45, 2.75) is 39.0 Å². The van der Waals surface area contributed by atoms with Gasteiger partial charge in [0, 0.05) is 31.7 Å². The Hall–Kier alpha value is -3.13. The summed E-state index contributed by atoms with van der Waals surface area (Å²) in [6.45, 7) is 5.11. The van der Waals surface area contributed by atoms with Gasteiger partial charge in [-0.25, -0.2) is 4.68 Å². The highest BCUT2D eigenvalue weighted by Crippen LogP contribution is 2.29. The van der Waals surface area contributed by atoms with Gasteiger partial charge in [-0.3, -0.25) is 9.69 Å². The Morgan fingerprint density at radius 2 is 2.16 bits per heavy atom. The summed E-state index contributed by atoms with van der Waals surface area (Å²) in [7, 11) is 1.65. The van der Waals surface area contributed by atoms with Crippen molar-refractivity contribution in [3.05, 3.63) is 48.0 Å². The Labute approximate surface area is 182 Å². The maximum atomic E-state index is 12.6. The van der Waals surface area contributed by atoms with Crippen molar-refractivity contribution < 1.29 is 14.3 Å². The number of rotatable bonds is 8. The lowest BCUT2D eigenvalue weighted by Crippen LogP contribution is -2.40. The van der Waals surface area contributed by atoms with Crippen molar-refractivity contribution in [1.82, 2.24) is 25.2 Å². The van der Waals surface area contributed by atoms with Gasteiger partial charge in [0.25, 0.3) is 0 Å². The summed E-state index contributed by atoms with van der Waals surface area (Å²) < 4.78 is 13.4. The number of aromatic nitrogens is 3. The second-order valence-electron chi connectivity index (χ2n) is 7.80. The minimum atomic E-state index is 0.0182. The molecule has 0 fully saturated rings. The van der Waals surface area contributed by atoms with Gasteiger partial charge in [0.05, 0.1) is 19.2 Å². The number of benzene rings is 2. The molecule has 0 unspecified atom stereocenters. The summed E-state index contributed by atoms with van der Waals surface area (Å²) in [6.07, 6.45) is 1.73. The molecule has 8 heteroatoms. The van der Waals surface area contributed by atoms with Crippen LogP contribution in [0.25, 0.3) is 11.0 Å². The minimum Gasteiger partial charge on any atom is -0.497 e. The van der Waals surface area contributed by atoms with Crippen LogP contribution >= 0.6 is 0 Å². The Kier molecular flexibility index (Phi) is 6.66. The number of hydrogen-bond acceptors (Lipinski definition) is 6. The van der Waals surface area contributed by atoms with Crippen molar-refractivity contribution in [3.8, 4) is 11.5 Å². The van der Waals surface area contributed by atoms with Gasteiger partial charge in [0.15, 0.2) is 0 Å². The van der Waals surface area contributed by atoms with Gasteiger partial charge >= 0.3 is 0 Å². The second kappa shape index (κ2) is 9.78. The zero-order valence-electron chi connectivity index (χ0n) is 18.1. The molecule has 164 valence electrons. The van der Waals surface area contributed by atoms with Crippen LogP contribution in [-0.2, 0) is 17.9 Å². The molecule has 1 aliphatic rings. The van der Waals surface area contributed by atoms with Gasteiger partial charge in [-0.2, -0.15) is 0 Å². The predicted octanol–water partition coefficient (Wildman–Crippen LogP) is 2.62. The molecule has 0 saturated heterocycles. The quantitative estimate of drug-likeness (QED) is 0.561. The molecule has 1 aromatic heterocycles. The average Bonchev–Trinajstić information content (AvgIpc) is 3.11. The summed E-state index contributed by atoms with van der Waals surface area (Å²) in [4.78, 5) is 14.7. The van der Waals surface area contributed by atoms with Crippen LogP contribution in [0.5, 0.6) is 11.5 Å². The van der Waals surface area contributed by atoms with Crippen LogP contribution in [-0.4, -0.2) is 58.6 Å². The SMILES string of the molecule is CC[C@H]1CN(CC(=O)NCCCn2nnc3ccccc32)Cc2cc(OC)ccc2O1. The number of nitrogens with one attached hydrogen (secondary N) is 1. The van der Waals surface area contributed by atoms with E-state index in [0.717, 1.165) is 40.9 Å². The summed E-state index contributed by atoms with van der Waals surface area (Å²) in [6, 6.07) is 13.7. The summed E-state index contributed by atoms with van der Waals surface area (Å²) in [5.74, 6) is 1.68. The van der Waals surface area contributed by atoms with Crippen LogP contribution in [0.4, 0.5) is 0 Å². The number of amides is 1. The molecular formula is C23H29N5O3. The molecule has 4 rings (SSSR count). The highest BCUT2D eigenvalue weighted by molar-refractivity contribution is 5.78. The van der Waals surface area contributed by atoms with Gasteiger partial charge in [0.1, 0.15) is 23.1 Å². The van der Waals surface area contributed by atoms with E-state index in [1.54, 1.807) is 7.11 Å². The lowest BCUT2D eigenvalue weighted by atomic mass is 10.2. The van der Waals surface area contributed by atoms with Gasteiger partial charge in [0.2, 0.25) is 5.91 Å². The largest absolute Gasteiger partial charge is 0.497 e. The molecule has 2 aromatic carbocycles. The van der Waals surface area contributed by atoms with Crippen molar-refractivity contribution >= 4 is 16.9 Å². The lowest BCUT2D eigenvalue weighted by molar-refractivity contribution is -0.122. The predicted molar refractivity (Wildman–Crippen MR) is 118 cm³/mol. The molecular weight excluding hydrogens is 394 g/mol. The monoisotopic (exact) mass is 423 g/mol. The van der Waals surface area contributed by atoms with Gasteiger partial charge in [-0.1, -0.05) is 24.3 Å². The first kappa shape index (κ1) is 21.1. The minimum absolute atomic E-state index is 0.0182. The first-order chi connectivity index (χ1) is 15.2. The van der Waals surface area contributed by atoms with Crippen molar-refractivity contribution in [3.63, 3.8) is 0 Å².